The molecule has 0 spiro atoms. The molecule has 2 unspecified atom stereocenters. The molecule has 0 bridgehead atoms. The van der Waals surface area contributed by atoms with E-state index in [2.05, 4.69) is 5.32 Å². The number of methoxy groups -OCH3 is 1. The average Bonchev–Trinajstić information content (AvgIpc) is 3.14. The van der Waals surface area contributed by atoms with E-state index in [1.807, 2.05) is 48.5 Å². The van der Waals surface area contributed by atoms with Crippen LogP contribution in [0.15, 0.2) is 66.7 Å². The fourth-order valence-electron chi connectivity index (χ4n) is 4.03. The number of fused-ring (bicyclic) bond motifs is 3. The number of amides is 1. The topological polar surface area (TPSA) is 88.0 Å². The van der Waals surface area contributed by atoms with Gasteiger partial charge in [0.2, 0.25) is 0 Å². The highest BCUT2D eigenvalue weighted by atomic mass is 19.1. The molecule has 0 aromatic heterocycles. The molecule has 0 radical (unpaired) electrons. The van der Waals surface area contributed by atoms with Gasteiger partial charge in [0.05, 0.1) is 7.11 Å². The van der Waals surface area contributed by atoms with Crippen LogP contribution in [-0.4, -0.2) is 42.7 Å². The minimum Gasteiger partial charge on any atom is -0.497 e. The Morgan fingerprint density at radius 3 is 2.28 bits per heavy atom. The highest BCUT2D eigenvalue weighted by Crippen LogP contribution is 2.44. The van der Waals surface area contributed by atoms with Crippen LogP contribution in [0, 0.1) is 5.82 Å². The number of nitrogens with one attached hydrogen (secondary N) is 1. The minimum absolute atomic E-state index is 0.0884. The maximum atomic E-state index is 14.0. The highest BCUT2D eigenvalue weighted by Gasteiger charge is 2.29. The zero-order chi connectivity index (χ0) is 22.7. The molecule has 1 amide bonds. The molecular formula is C25H24FNO5. The van der Waals surface area contributed by atoms with Crippen LogP contribution in [0.3, 0.4) is 0 Å². The summed E-state index contributed by atoms with van der Waals surface area (Å²) in [5, 5.41) is 22.9. The van der Waals surface area contributed by atoms with Crippen LogP contribution in [0.2, 0.25) is 0 Å². The summed E-state index contributed by atoms with van der Waals surface area (Å²) in [7, 11) is 1.42. The Morgan fingerprint density at radius 1 is 1.03 bits per heavy atom. The van der Waals surface area contributed by atoms with Crippen LogP contribution in [0.4, 0.5) is 9.18 Å². The van der Waals surface area contributed by atoms with Crippen molar-refractivity contribution in [1.29, 1.82) is 0 Å². The van der Waals surface area contributed by atoms with Crippen molar-refractivity contribution < 1.29 is 28.9 Å². The van der Waals surface area contributed by atoms with E-state index in [0.29, 0.717) is 5.75 Å². The minimum atomic E-state index is -1.54. The van der Waals surface area contributed by atoms with Gasteiger partial charge in [0, 0.05) is 18.0 Å². The van der Waals surface area contributed by atoms with Crippen molar-refractivity contribution >= 4 is 6.09 Å². The Bertz CT molecular complexity index is 1070. The third kappa shape index (κ3) is 4.30. The average molecular weight is 437 g/mol. The summed E-state index contributed by atoms with van der Waals surface area (Å²) < 4.78 is 24.4. The van der Waals surface area contributed by atoms with Gasteiger partial charge in [-0.2, -0.15) is 0 Å². The Balaban J connectivity index is 1.35. The van der Waals surface area contributed by atoms with Crippen molar-refractivity contribution in [3.63, 3.8) is 0 Å². The van der Waals surface area contributed by atoms with Gasteiger partial charge < -0.3 is 25.0 Å². The molecular weight excluding hydrogens is 413 g/mol. The third-order valence-corrected chi connectivity index (χ3v) is 5.69. The monoisotopic (exact) mass is 437 g/mol. The standard InChI is InChI=1S/C25H24FNO5/c1-31-15-10-11-22(26)20(12-15)24(29)23(28)13-27-25(30)32-14-21-18-8-4-2-6-16(18)17-7-3-5-9-19(17)21/h2-12,21,23-24,28-29H,13-14H2,1H3,(H,27,30). The Morgan fingerprint density at radius 2 is 1.66 bits per heavy atom. The molecule has 32 heavy (non-hydrogen) atoms. The van der Waals surface area contributed by atoms with Crippen molar-refractivity contribution in [2.24, 2.45) is 0 Å². The van der Waals surface area contributed by atoms with Crippen molar-refractivity contribution in [2.45, 2.75) is 18.1 Å². The molecule has 1 aliphatic rings. The molecule has 3 aromatic rings. The highest BCUT2D eigenvalue weighted by molar-refractivity contribution is 5.79. The second-order valence-corrected chi connectivity index (χ2v) is 7.61. The van der Waals surface area contributed by atoms with Crippen LogP contribution in [-0.2, 0) is 4.74 Å². The number of carbonyl (C=O) groups is 1. The van der Waals surface area contributed by atoms with E-state index < -0.39 is 24.1 Å². The van der Waals surface area contributed by atoms with Crippen LogP contribution in [0.1, 0.15) is 28.7 Å². The van der Waals surface area contributed by atoms with Crippen molar-refractivity contribution in [3.05, 3.63) is 89.2 Å². The molecule has 166 valence electrons. The fourth-order valence-corrected chi connectivity index (χ4v) is 4.03. The maximum Gasteiger partial charge on any atom is 0.407 e. The van der Waals surface area contributed by atoms with Gasteiger partial charge in [0.25, 0.3) is 0 Å². The van der Waals surface area contributed by atoms with E-state index in [0.717, 1.165) is 28.3 Å². The third-order valence-electron chi connectivity index (χ3n) is 5.69. The quantitative estimate of drug-likeness (QED) is 0.524. The van der Waals surface area contributed by atoms with E-state index in [9.17, 15) is 19.4 Å². The van der Waals surface area contributed by atoms with Gasteiger partial charge in [-0.3, -0.25) is 0 Å². The van der Waals surface area contributed by atoms with Gasteiger partial charge >= 0.3 is 6.09 Å². The number of alkyl carbamates (subject to hydrolysis) is 1. The van der Waals surface area contributed by atoms with Crippen molar-refractivity contribution in [1.82, 2.24) is 5.32 Å². The predicted molar refractivity (Wildman–Crippen MR) is 117 cm³/mol. The van der Waals surface area contributed by atoms with Gasteiger partial charge in [-0.1, -0.05) is 48.5 Å². The molecule has 1 aliphatic carbocycles. The van der Waals surface area contributed by atoms with Crippen LogP contribution >= 0.6 is 0 Å². The van der Waals surface area contributed by atoms with Gasteiger partial charge in [0.1, 0.15) is 30.4 Å². The van der Waals surface area contributed by atoms with Crippen LogP contribution in [0.5, 0.6) is 5.75 Å². The lowest BCUT2D eigenvalue weighted by Crippen LogP contribution is -2.36. The Hall–Kier alpha value is -3.42. The molecule has 3 N–H and O–H groups in total. The van der Waals surface area contributed by atoms with Gasteiger partial charge in [0.15, 0.2) is 0 Å². The molecule has 6 nitrogen and oxygen atoms in total. The summed E-state index contributed by atoms with van der Waals surface area (Å²) in [6.45, 7) is -0.183. The van der Waals surface area contributed by atoms with E-state index in [1.54, 1.807) is 0 Å². The number of carbonyl (C=O) groups excluding carboxylic acids is 1. The number of hydrogen-bond acceptors (Lipinski definition) is 5. The van der Waals surface area contributed by atoms with Gasteiger partial charge in [-0.05, 0) is 40.5 Å². The molecule has 0 fully saturated rings. The summed E-state index contributed by atoms with van der Waals surface area (Å²) in [5.74, 6) is -0.426. The Kier molecular flexibility index (Phi) is 6.39. The van der Waals surface area contributed by atoms with Gasteiger partial charge in [-0.15, -0.1) is 0 Å². The molecule has 0 heterocycles. The number of hydrogen-bond donors (Lipinski definition) is 3. The first kappa shape index (κ1) is 21.8. The van der Waals surface area contributed by atoms with Crippen molar-refractivity contribution in [2.75, 3.05) is 20.3 Å². The van der Waals surface area contributed by atoms with E-state index in [-0.39, 0.29) is 24.6 Å². The summed E-state index contributed by atoms with van der Waals surface area (Å²) in [6, 6.07) is 19.8. The lowest BCUT2D eigenvalue weighted by molar-refractivity contribution is 0.0164. The van der Waals surface area contributed by atoms with E-state index >= 15 is 0 Å². The zero-order valence-electron chi connectivity index (χ0n) is 17.5. The molecule has 0 saturated carbocycles. The first-order chi connectivity index (χ1) is 15.5. The van der Waals surface area contributed by atoms with Crippen molar-refractivity contribution in [3.8, 4) is 16.9 Å². The number of aliphatic hydroxyl groups is 2. The summed E-state index contributed by atoms with van der Waals surface area (Å²) in [4.78, 5) is 12.2. The number of rotatable bonds is 7. The number of ether oxygens (including phenoxy) is 2. The zero-order valence-corrected chi connectivity index (χ0v) is 17.5. The first-order valence-electron chi connectivity index (χ1n) is 10.3. The number of halogens is 1. The SMILES string of the molecule is COc1ccc(F)c(C(O)C(O)CNC(=O)OCC2c3ccccc3-c3ccccc32)c1. The molecule has 3 aromatic carbocycles. The molecule has 0 saturated heterocycles. The molecule has 7 heteroatoms. The lowest BCUT2D eigenvalue weighted by Gasteiger charge is -2.20. The summed E-state index contributed by atoms with van der Waals surface area (Å²) in [6.07, 6.45) is -3.71. The smallest absolute Gasteiger partial charge is 0.407 e. The van der Waals surface area contributed by atoms with Crippen LogP contribution < -0.4 is 10.1 Å². The predicted octanol–water partition coefficient (Wildman–Crippen LogP) is 3.77. The molecule has 2 atom stereocenters. The van der Waals surface area contributed by atoms with Gasteiger partial charge in [-0.25, -0.2) is 9.18 Å². The van der Waals surface area contributed by atoms with Crippen LogP contribution in [0.25, 0.3) is 11.1 Å². The summed E-state index contributed by atoms with van der Waals surface area (Å²) >= 11 is 0. The largest absolute Gasteiger partial charge is 0.497 e. The summed E-state index contributed by atoms with van der Waals surface area (Å²) in [5.41, 5.74) is 4.30. The number of benzene rings is 3. The molecule has 0 aliphatic heterocycles. The fraction of sp³-hybridized carbons (Fsp3) is 0.240. The van der Waals surface area contributed by atoms with E-state index in [4.69, 9.17) is 9.47 Å². The second kappa shape index (κ2) is 9.38. The number of aliphatic hydroxyl groups excluding tert-OH is 2. The normalized spacial score (nSPS) is 14.2. The molecule has 4 rings (SSSR count). The lowest BCUT2D eigenvalue weighted by atomic mass is 9.98. The maximum absolute atomic E-state index is 14.0. The van der Waals surface area contributed by atoms with E-state index in [1.165, 1.54) is 19.2 Å². The second-order valence-electron chi connectivity index (χ2n) is 7.61. The Labute approximate surface area is 185 Å². The first-order valence-corrected chi connectivity index (χ1v) is 10.3.